The Morgan fingerprint density at radius 2 is 1.64 bits per heavy atom. The molecule has 0 aliphatic carbocycles. The molecule has 3 aromatic carbocycles. The number of hydrogen-bond acceptors (Lipinski definition) is 6. The number of sulfonamides is 1. The van der Waals surface area contributed by atoms with E-state index in [1.165, 1.54) is 31.3 Å². The number of benzene rings is 3. The molecule has 0 heterocycles. The average molecular weight is 637 g/mol. The van der Waals surface area contributed by atoms with Crippen LogP contribution in [0.5, 0.6) is 11.5 Å². The first-order chi connectivity index (χ1) is 19.8. The van der Waals surface area contributed by atoms with Gasteiger partial charge in [0.2, 0.25) is 21.8 Å². The van der Waals surface area contributed by atoms with Crippen LogP contribution in [0.25, 0.3) is 0 Å². The van der Waals surface area contributed by atoms with Crippen LogP contribution in [0.1, 0.15) is 25.0 Å². The molecule has 0 bridgehead atoms. The van der Waals surface area contributed by atoms with E-state index in [1.54, 1.807) is 24.3 Å². The van der Waals surface area contributed by atoms with Crippen LogP contribution in [-0.4, -0.2) is 64.2 Å². The van der Waals surface area contributed by atoms with E-state index in [-0.39, 0.29) is 36.4 Å². The van der Waals surface area contributed by atoms with Crippen molar-refractivity contribution < 1.29 is 27.5 Å². The predicted molar refractivity (Wildman–Crippen MR) is 166 cm³/mol. The van der Waals surface area contributed by atoms with Crippen LogP contribution in [0.3, 0.4) is 0 Å². The third kappa shape index (κ3) is 8.77. The second-order valence-electron chi connectivity index (χ2n) is 9.93. The molecule has 0 fully saturated rings. The molecule has 0 aliphatic rings. The number of anilines is 1. The summed E-state index contributed by atoms with van der Waals surface area (Å²) in [6.45, 7) is 2.96. The number of ether oxygens (including phenoxy) is 2. The molecule has 42 heavy (non-hydrogen) atoms. The molecule has 1 atom stereocenters. The molecule has 0 aromatic heterocycles. The monoisotopic (exact) mass is 635 g/mol. The summed E-state index contributed by atoms with van der Waals surface area (Å²) in [5.41, 5.74) is 1.50. The van der Waals surface area contributed by atoms with Gasteiger partial charge in [0.05, 0.1) is 26.2 Å². The lowest BCUT2D eigenvalue weighted by Crippen LogP contribution is -2.54. The van der Waals surface area contributed by atoms with Gasteiger partial charge in [-0.25, -0.2) is 8.42 Å². The van der Waals surface area contributed by atoms with E-state index in [9.17, 15) is 18.0 Å². The van der Waals surface area contributed by atoms with Crippen molar-refractivity contribution in [2.75, 3.05) is 31.3 Å². The van der Waals surface area contributed by atoms with Crippen LogP contribution in [0, 0.1) is 0 Å². The molecule has 0 radical (unpaired) electrons. The largest absolute Gasteiger partial charge is 0.497 e. The normalized spacial score (nSPS) is 12.0. The molecule has 1 N–H and O–H groups in total. The SMILES string of the molecule is COc1ccc(N(CC(=O)N(Cc2ccc(Cl)cc2Cl)[C@@H](Cc2ccccc2)C(=O)NC(C)C)S(C)(=O)=O)c(OC)c1. The fourth-order valence-electron chi connectivity index (χ4n) is 4.35. The van der Waals surface area contributed by atoms with Crippen molar-refractivity contribution >= 4 is 50.7 Å². The lowest BCUT2D eigenvalue weighted by Gasteiger charge is -2.34. The Morgan fingerprint density at radius 3 is 2.21 bits per heavy atom. The molecule has 9 nitrogen and oxygen atoms in total. The van der Waals surface area contributed by atoms with Gasteiger partial charge < -0.3 is 19.7 Å². The molecule has 0 spiro atoms. The molecular formula is C30H35Cl2N3O6S. The quantitative estimate of drug-likeness (QED) is 0.285. The number of halogens is 2. The minimum Gasteiger partial charge on any atom is -0.497 e. The highest BCUT2D eigenvalue weighted by molar-refractivity contribution is 7.92. The number of nitrogens with zero attached hydrogens (tertiary/aromatic N) is 2. The number of amides is 2. The number of rotatable bonds is 13. The Morgan fingerprint density at radius 1 is 0.952 bits per heavy atom. The molecule has 0 saturated heterocycles. The lowest BCUT2D eigenvalue weighted by atomic mass is 10.0. The number of methoxy groups -OCH3 is 2. The van der Waals surface area contributed by atoms with Gasteiger partial charge >= 0.3 is 0 Å². The molecule has 0 unspecified atom stereocenters. The summed E-state index contributed by atoms with van der Waals surface area (Å²) in [6.07, 6.45) is 1.18. The van der Waals surface area contributed by atoms with Crippen molar-refractivity contribution in [2.45, 2.75) is 38.9 Å². The van der Waals surface area contributed by atoms with E-state index >= 15 is 0 Å². The molecule has 0 saturated carbocycles. The second-order valence-corrected chi connectivity index (χ2v) is 12.7. The molecular weight excluding hydrogens is 601 g/mol. The second kappa shape index (κ2) is 14.6. The summed E-state index contributed by atoms with van der Waals surface area (Å²) in [5.74, 6) is -0.370. The van der Waals surface area contributed by atoms with E-state index in [0.717, 1.165) is 16.1 Å². The van der Waals surface area contributed by atoms with Crippen molar-refractivity contribution in [3.05, 3.63) is 87.9 Å². The van der Waals surface area contributed by atoms with Gasteiger partial charge in [-0.15, -0.1) is 0 Å². The molecule has 226 valence electrons. The van der Waals surface area contributed by atoms with Crippen LogP contribution < -0.4 is 19.1 Å². The summed E-state index contributed by atoms with van der Waals surface area (Å²) < 4.78 is 37.7. The van der Waals surface area contributed by atoms with E-state index < -0.39 is 28.5 Å². The summed E-state index contributed by atoms with van der Waals surface area (Å²) in [6, 6.07) is 17.5. The Balaban J connectivity index is 2.12. The van der Waals surface area contributed by atoms with Gasteiger partial charge in [0.1, 0.15) is 24.1 Å². The highest BCUT2D eigenvalue weighted by atomic mass is 35.5. The minimum absolute atomic E-state index is 0.0742. The summed E-state index contributed by atoms with van der Waals surface area (Å²) in [7, 11) is -1.12. The Labute approximate surface area is 257 Å². The van der Waals surface area contributed by atoms with Crippen molar-refractivity contribution in [1.29, 1.82) is 0 Å². The topological polar surface area (TPSA) is 105 Å². The maximum absolute atomic E-state index is 14.2. The minimum atomic E-state index is -3.99. The molecule has 0 aliphatic heterocycles. The van der Waals surface area contributed by atoms with Crippen LogP contribution in [0.15, 0.2) is 66.7 Å². The maximum Gasteiger partial charge on any atom is 0.244 e. The first-order valence-electron chi connectivity index (χ1n) is 13.1. The third-order valence-corrected chi connectivity index (χ3v) is 8.11. The van der Waals surface area contributed by atoms with Gasteiger partial charge in [-0.05, 0) is 49.2 Å². The van der Waals surface area contributed by atoms with E-state index in [1.807, 2.05) is 44.2 Å². The fraction of sp³-hybridized carbons (Fsp3) is 0.333. The van der Waals surface area contributed by atoms with Crippen molar-refractivity contribution in [3.8, 4) is 11.5 Å². The van der Waals surface area contributed by atoms with Gasteiger partial charge in [0.15, 0.2) is 0 Å². The highest BCUT2D eigenvalue weighted by Gasteiger charge is 2.34. The zero-order valence-electron chi connectivity index (χ0n) is 24.1. The van der Waals surface area contributed by atoms with Crippen LogP contribution in [0.2, 0.25) is 10.0 Å². The Hall–Kier alpha value is -3.47. The zero-order valence-corrected chi connectivity index (χ0v) is 26.5. The van der Waals surface area contributed by atoms with Crippen molar-refractivity contribution in [3.63, 3.8) is 0 Å². The Kier molecular flexibility index (Phi) is 11.5. The third-order valence-electron chi connectivity index (χ3n) is 6.39. The predicted octanol–water partition coefficient (Wildman–Crippen LogP) is 4.94. The summed E-state index contributed by atoms with van der Waals surface area (Å²) in [4.78, 5) is 29.2. The van der Waals surface area contributed by atoms with Crippen LogP contribution in [0.4, 0.5) is 5.69 Å². The fourth-order valence-corrected chi connectivity index (χ4v) is 5.68. The van der Waals surface area contributed by atoms with Gasteiger partial charge in [0.25, 0.3) is 0 Å². The smallest absolute Gasteiger partial charge is 0.244 e. The van der Waals surface area contributed by atoms with Crippen LogP contribution >= 0.6 is 23.2 Å². The van der Waals surface area contributed by atoms with Crippen molar-refractivity contribution in [1.82, 2.24) is 10.2 Å². The van der Waals surface area contributed by atoms with Gasteiger partial charge in [-0.1, -0.05) is 59.6 Å². The molecule has 12 heteroatoms. The van der Waals surface area contributed by atoms with E-state index in [2.05, 4.69) is 5.32 Å². The molecule has 3 rings (SSSR count). The number of carbonyl (C=O) groups is 2. The van der Waals surface area contributed by atoms with Gasteiger partial charge in [-0.2, -0.15) is 0 Å². The zero-order chi connectivity index (χ0) is 31.0. The first kappa shape index (κ1) is 33.0. The molecule has 2 amide bonds. The van der Waals surface area contributed by atoms with Crippen LogP contribution in [-0.2, 0) is 32.6 Å². The van der Waals surface area contributed by atoms with E-state index in [4.69, 9.17) is 32.7 Å². The molecule has 3 aromatic rings. The Bertz CT molecular complexity index is 1500. The first-order valence-corrected chi connectivity index (χ1v) is 15.7. The van der Waals surface area contributed by atoms with Gasteiger partial charge in [-0.3, -0.25) is 13.9 Å². The summed E-state index contributed by atoms with van der Waals surface area (Å²) >= 11 is 12.6. The lowest BCUT2D eigenvalue weighted by molar-refractivity contribution is -0.140. The summed E-state index contributed by atoms with van der Waals surface area (Å²) in [5, 5.41) is 3.62. The van der Waals surface area contributed by atoms with Crippen molar-refractivity contribution in [2.24, 2.45) is 0 Å². The highest BCUT2D eigenvalue weighted by Crippen LogP contribution is 2.34. The number of carbonyl (C=O) groups excluding carboxylic acids is 2. The number of hydrogen-bond donors (Lipinski definition) is 1. The standard InChI is InChI=1S/C30H35Cl2N3O6S/c1-20(2)33-30(37)27(15-21-9-7-6-8-10-21)34(18-22-11-12-23(31)16-25(22)32)29(36)19-35(42(5,38)39)26-14-13-24(40-3)17-28(26)41-4/h6-14,16-17,20,27H,15,18-19H2,1-5H3,(H,33,37)/t27-/m0/s1. The maximum atomic E-state index is 14.2. The average Bonchev–Trinajstić information content (AvgIpc) is 2.93. The number of nitrogens with one attached hydrogen (secondary N) is 1. The van der Waals surface area contributed by atoms with Gasteiger partial charge in [0, 0.05) is 35.1 Å². The van der Waals surface area contributed by atoms with E-state index in [0.29, 0.717) is 21.4 Å².